The van der Waals surface area contributed by atoms with E-state index in [9.17, 15) is 4.79 Å². The van der Waals surface area contributed by atoms with Gasteiger partial charge in [-0.15, -0.1) is 0 Å². The summed E-state index contributed by atoms with van der Waals surface area (Å²) in [5.41, 5.74) is -0.165. The topological polar surface area (TPSA) is 62.7 Å². The van der Waals surface area contributed by atoms with Gasteiger partial charge in [0.05, 0.1) is 6.04 Å². The fraction of sp³-hybridized carbons (Fsp3) is 0.778. The first-order chi connectivity index (χ1) is 7.16. The number of thioether (sulfide) groups is 1. The van der Waals surface area contributed by atoms with Crippen LogP contribution >= 0.6 is 11.8 Å². The van der Waals surface area contributed by atoms with Crippen LogP contribution in [0.1, 0.15) is 25.7 Å². The molecule has 0 bridgehead atoms. The molecule has 0 aromatic carbocycles. The van der Waals surface area contributed by atoms with E-state index in [1.165, 1.54) is 4.57 Å². The number of rotatable bonds is 6. The third kappa shape index (κ3) is 3.39. The van der Waals surface area contributed by atoms with Crippen LogP contribution in [0.15, 0.2) is 4.79 Å². The molecule has 1 aromatic heterocycles. The van der Waals surface area contributed by atoms with Crippen LogP contribution < -0.4 is 11.0 Å². The van der Waals surface area contributed by atoms with Gasteiger partial charge in [0.1, 0.15) is 5.82 Å². The lowest BCUT2D eigenvalue weighted by Crippen LogP contribution is -2.25. The van der Waals surface area contributed by atoms with E-state index in [1.807, 2.05) is 18.7 Å². The highest BCUT2D eigenvalue weighted by molar-refractivity contribution is 7.99. The van der Waals surface area contributed by atoms with Crippen LogP contribution in [-0.2, 0) is 7.05 Å². The fourth-order valence-electron chi connectivity index (χ4n) is 1.33. The monoisotopic (exact) mass is 230 g/mol. The smallest absolute Gasteiger partial charge is 0.307 e. The first kappa shape index (κ1) is 12.3. The lowest BCUT2D eigenvalue weighted by atomic mass is 10.3. The van der Waals surface area contributed by atoms with Crippen LogP contribution in [0.2, 0.25) is 0 Å². The molecule has 0 saturated heterocycles. The number of hydrogen-bond acceptors (Lipinski definition) is 4. The first-order valence-corrected chi connectivity index (χ1v) is 6.24. The zero-order chi connectivity index (χ0) is 11.3. The van der Waals surface area contributed by atoms with Gasteiger partial charge in [0.25, 0.3) is 0 Å². The third-order valence-electron chi connectivity index (χ3n) is 2.20. The molecule has 0 saturated carbocycles. The van der Waals surface area contributed by atoms with Gasteiger partial charge in [-0.25, -0.2) is 9.89 Å². The number of aromatic nitrogens is 3. The molecule has 0 aliphatic rings. The molecule has 1 unspecified atom stereocenters. The van der Waals surface area contributed by atoms with E-state index < -0.39 is 0 Å². The summed E-state index contributed by atoms with van der Waals surface area (Å²) in [6.45, 7) is 5.08. The summed E-state index contributed by atoms with van der Waals surface area (Å²) in [7, 11) is 1.72. The first-order valence-electron chi connectivity index (χ1n) is 5.09. The summed E-state index contributed by atoms with van der Waals surface area (Å²) in [5.74, 6) is 2.97. The van der Waals surface area contributed by atoms with Crippen molar-refractivity contribution in [2.75, 3.05) is 18.1 Å². The lowest BCUT2D eigenvalue weighted by Gasteiger charge is -2.11. The van der Waals surface area contributed by atoms with Crippen molar-refractivity contribution in [3.8, 4) is 0 Å². The maximum atomic E-state index is 11.1. The molecular formula is C9H18N4OS. The third-order valence-corrected chi connectivity index (χ3v) is 3.10. The maximum Gasteiger partial charge on any atom is 0.343 e. The van der Waals surface area contributed by atoms with Gasteiger partial charge >= 0.3 is 5.69 Å². The van der Waals surface area contributed by atoms with Crippen molar-refractivity contribution in [1.29, 1.82) is 0 Å². The number of aromatic amines is 1. The number of nitrogens with one attached hydrogen (secondary N) is 2. The Morgan fingerprint density at radius 3 is 2.93 bits per heavy atom. The molecule has 86 valence electrons. The van der Waals surface area contributed by atoms with Crippen molar-refractivity contribution < 1.29 is 0 Å². The minimum atomic E-state index is -0.165. The van der Waals surface area contributed by atoms with Gasteiger partial charge < -0.3 is 5.32 Å². The van der Waals surface area contributed by atoms with Crippen LogP contribution in [0.3, 0.4) is 0 Å². The molecule has 0 aliphatic heterocycles. The highest BCUT2D eigenvalue weighted by atomic mass is 32.2. The predicted octanol–water partition coefficient (Wildman–Crippen LogP) is 0.512. The predicted molar refractivity (Wildman–Crippen MR) is 63.2 cm³/mol. The highest BCUT2D eigenvalue weighted by Crippen LogP contribution is 2.05. The normalized spacial score (nSPS) is 13.0. The van der Waals surface area contributed by atoms with Crippen LogP contribution in [0.4, 0.5) is 0 Å². The summed E-state index contributed by atoms with van der Waals surface area (Å²) in [4.78, 5) is 11.1. The number of nitrogens with zero attached hydrogens (tertiary/aromatic N) is 2. The molecule has 1 heterocycles. The summed E-state index contributed by atoms with van der Waals surface area (Å²) >= 11 is 1.90. The Morgan fingerprint density at radius 2 is 2.40 bits per heavy atom. The second-order valence-corrected chi connectivity index (χ2v) is 4.71. The molecule has 1 atom stereocenters. The molecule has 0 aliphatic carbocycles. The summed E-state index contributed by atoms with van der Waals surface area (Å²) < 4.78 is 1.53. The Morgan fingerprint density at radius 1 is 1.67 bits per heavy atom. The van der Waals surface area contributed by atoms with E-state index in [0.29, 0.717) is 0 Å². The average molecular weight is 230 g/mol. The molecule has 2 N–H and O–H groups in total. The fourth-order valence-corrected chi connectivity index (χ4v) is 1.88. The molecule has 0 fully saturated rings. The van der Waals surface area contributed by atoms with E-state index in [0.717, 1.165) is 23.9 Å². The summed E-state index contributed by atoms with van der Waals surface area (Å²) in [6, 6.07) is 0.103. The van der Waals surface area contributed by atoms with Gasteiger partial charge in [-0.05, 0) is 12.7 Å². The molecule has 1 aromatic rings. The van der Waals surface area contributed by atoms with Crippen LogP contribution in [0, 0.1) is 0 Å². The van der Waals surface area contributed by atoms with Crippen molar-refractivity contribution in [2.45, 2.75) is 19.9 Å². The molecular weight excluding hydrogens is 212 g/mol. The van der Waals surface area contributed by atoms with Gasteiger partial charge in [-0.1, -0.05) is 6.92 Å². The van der Waals surface area contributed by atoms with Crippen LogP contribution in [0.5, 0.6) is 0 Å². The SMILES string of the molecule is CCSCCNC(C)c1n[nH]c(=O)n1C. The van der Waals surface area contributed by atoms with Gasteiger partial charge in [0.2, 0.25) is 0 Å². The van der Waals surface area contributed by atoms with E-state index in [1.54, 1.807) is 7.05 Å². The Kier molecular flexibility index (Phi) is 4.90. The maximum absolute atomic E-state index is 11.1. The van der Waals surface area contributed by atoms with Crippen molar-refractivity contribution >= 4 is 11.8 Å². The molecule has 0 spiro atoms. The summed E-state index contributed by atoms with van der Waals surface area (Å²) in [5, 5.41) is 9.73. The quantitative estimate of drug-likeness (QED) is 0.699. The van der Waals surface area contributed by atoms with Gasteiger partial charge in [0, 0.05) is 19.3 Å². The van der Waals surface area contributed by atoms with Crippen LogP contribution in [-0.4, -0.2) is 32.8 Å². The minimum absolute atomic E-state index is 0.103. The largest absolute Gasteiger partial charge is 0.343 e. The standard InChI is InChI=1S/C9H18N4OS/c1-4-15-6-5-10-7(2)8-11-12-9(14)13(8)3/h7,10H,4-6H2,1-3H3,(H,12,14). The summed E-state index contributed by atoms with van der Waals surface area (Å²) in [6.07, 6.45) is 0. The number of hydrogen-bond donors (Lipinski definition) is 2. The molecule has 15 heavy (non-hydrogen) atoms. The molecule has 1 rings (SSSR count). The highest BCUT2D eigenvalue weighted by Gasteiger charge is 2.11. The Hall–Kier alpha value is -0.750. The second kappa shape index (κ2) is 5.97. The van der Waals surface area contributed by atoms with Gasteiger partial charge in [-0.2, -0.15) is 16.9 Å². The Bertz CT molecular complexity index is 346. The minimum Gasteiger partial charge on any atom is -0.307 e. The molecule has 5 nitrogen and oxygen atoms in total. The molecule has 6 heteroatoms. The Labute approximate surface area is 93.6 Å². The van der Waals surface area contributed by atoms with Crippen LogP contribution in [0.25, 0.3) is 0 Å². The van der Waals surface area contributed by atoms with E-state index in [2.05, 4.69) is 22.4 Å². The zero-order valence-electron chi connectivity index (χ0n) is 9.41. The van der Waals surface area contributed by atoms with E-state index in [4.69, 9.17) is 0 Å². The van der Waals surface area contributed by atoms with Gasteiger partial charge in [0.15, 0.2) is 0 Å². The van der Waals surface area contributed by atoms with Gasteiger partial charge in [-0.3, -0.25) is 4.57 Å². The van der Waals surface area contributed by atoms with E-state index in [-0.39, 0.29) is 11.7 Å². The second-order valence-electron chi connectivity index (χ2n) is 3.32. The zero-order valence-corrected chi connectivity index (χ0v) is 10.2. The number of H-pyrrole nitrogens is 1. The van der Waals surface area contributed by atoms with E-state index >= 15 is 0 Å². The average Bonchev–Trinajstić information content (AvgIpc) is 2.55. The van der Waals surface area contributed by atoms with Crippen molar-refractivity contribution in [2.24, 2.45) is 7.05 Å². The Balaban J connectivity index is 2.43. The lowest BCUT2D eigenvalue weighted by molar-refractivity contribution is 0.546. The van der Waals surface area contributed by atoms with Crippen molar-refractivity contribution in [1.82, 2.24) is 20.1 Å². The van der Waals surface area contributed by atoms with Crippen molar-refractivity contribution in [3.05, 3.63) is 16.3 Å². The molecule has 0 radical (unpaired) electrons. The van der Waals surface area contributed by atoms with Crippen molar-refractivity contribution in [3.63, 3.8) is 0 Å². The molecule has 0 amide bonds.